The fourth-order valence-electron chi connectivity index (χ4n) is 2.29. The van der Waals surface area contributed by atoms with E-state index in [1.54, 1.807) is 0 Å². The molecule has 0 aromatic rings. The highest BCUT2D eigenvalue weighted by molar-refractivity contribution is 8.13. The van der Waals surface area contributed by atoms with Gasteiger partial charge in [-0.3, -0.25) is 4.99 Å². The molecule has 1 N–H and O–H groups in total. The van der Waals surface area contributed by atoms with E-state index in [4.69, 9.17) is 4.99 Å². The minimum atomic E-state index is 0.493. The van der Waals surface area contributed by atoms with E-state index in [-0.39, 0.29) is 0 Å². The van der Waals surface area contributed by atoms with E-state index in [2.05, 4.69) is 26.1 Å². The summed E-state index contributed by atoms with van der Waals surface area (Å²) < 4.78 is 0. The molecule has 15 heavy (non-hydrogen) atoms. The molecule has 1 fully saturated rings. The molecule has 2 aliphatic rings. The maximum Gasteiger partial charge on any atom is 0.157 e. The maximum atomic E-state index is 4.72. The summed E-state index contributed by atoms with van der Waals surface area (Å²) >= 11 is 1.90. The molecule has 1 saturated carbocycles. The Morgan fingerprint density at radius 2 is 2.07 bits per heavy atom. The Kier molecular flexibility index (Phi) is 3.60. The van der Waals surface area contributed by atoms with Crippen LogP contribution < -0.4 is 5.32 Å². The van der Waals surface area contributed by atoms with Crippen LogP contribution in [0.15, 0.2) is 4.99 Å². The largest absolute Gasteiger partial charge is 0.362 e. The van der Waals surface area contributed by atoms with E-state index in [0.29, 0.717) is 12.1 Å². The molecule has 1 heterocycles. The van der Waals surface area contributed by atoms with E-state index in [1.807, 2.05) is 11.8 Å². The number of thioether (sulfide) groups is 1. The molecule has 0 radical (unpaired) electrons. The lowest BCUT2D eigenvalue weighted by molar-refractivity contribution is 0.527. The molecule has 0 spiro atoms. The topological polar surface area (TPSA) is 24.4 Å². The van der Waals surface area contributed by atoms with Crippen molar-refractivity contribution in [1.29, 1.82) is 0 Å². The van der Waals surface area contributed by atoms with Crippen LogP contribution in [0.1, 0.15) is 40.0 Å². The summed E-state index contributed by atoms with van der Waals surface area (Å²) in [6, 6.07) is 1.18. The summed E-state index contributed by atoms with van der Waals surface area (Å²) in [6.45, 7) is 6.86. The summed E-state index contributed by atoms with van der Waals surface area (Å²) in [5.74, 6) is 2.84. The normalized spacial score (nSPS) is 41.4. The van der Waals surface area contributed by atoms with Crippen molar-refractivity contribution in [3.05, 3.63) is 0 Å². The van der Waals surface area contributed by atoms with Gasteiger partial charge in [-0.15, -0.1) is 0 Å². The highest BCUT2D eigenvalue weighted by Gasteiger charge is 2.25. The van der Waals surface area contributed by atoms with Crippen molar-refractivity contribution in [2.45, 2.75) is 52.1 Å². The van der Waals surface area contributed by atoms with Gasteiger partial charge in [0.05, 0.1) is 6.04 Å². The monoisotopic (exact) mass is 226 g/mol. The van der Waals surface area contributed by atoms with Gasteiger partial charge in [-0.2, -0.15) is 0 Å². The molecule has 4 unspecified atom stereocenters. The first kappa shape index (κ1) is 11.3. The van der Waals surface area contributed by atoms with Crippen LogP contribution in [0.4, 0.5) is 0 Å². The molecule has 2 rings (SSSR count). The van der Waals surface area contributed by atoms with E-state index >= 15 is 0 Å². The predicted octanol–water partition coefficient (Wildman–Crippen LogP) is 2.89. The highest BCUT2D eigenvalue weighted by atomic mass is 32.2. The number of aliphatic imine (C=N–C) groups is 1. The number of amidine groups is 1. The number of hydrogen-bond donors (Lipinski definition) is 1. The molecule has 0 aromatic heterocycles. The Balaban J connectivity index is 1.87. The molecular formula is C12H22N2S. The molecule has 1 aliphatic heterocycles. The van der Waals surface area contributed by atoms with Crippen LogP contribution in [0.3, 0.4) is 0 Å². The second kappa shape index (κ2) is 4.77. The van der Waals surface area contributed by atoms with Crippen LogP contribution in [0, 0.1) is 11.8 Å². The van der Waals surface area contributed by atoms with Crippen molar-refractivity contribution in [1.82, 2.24) is 5.32 Å². The fourth-order valence-corrected chi connectivity index (χ4v) is 3.48. The third-order valence-electron chi connectivity index (χ3n) is 3.65. The Morgan fingerprint density at radius 1 is 1.27 bits per heavy atom. The Hall–Kier alpha value is -0.180. The van der Waals surface area contributed by atoms with E-state index in [9.17, 15) is 0 Å². The lowest BCUT2D eigenvalue weighted by atomic mass is 10.1. The van der Waals surface area contributed by atoms with Crippen LogP contribution in [0.5, 0.6) is 0 Å². The first-order chi connectivity index (χ1) is 7.15. The molecule has 1 aliphatic carbocycles. The molecule has 0 bridgehead atoms. The maximum absolute atomic E-state index is 4.72. The van der Waals surface area contributed by atoms with Crippen LogP contribution in [0.25, 0.3) is 0 Å². The Labute approximate surface area is 97.3 Å². The summed E-state index contributed by atoms with van der Waals surface area (Å²) in [5.41, 5.74) is 0. The van der Waals surface area contributed by atoms with Crippen molar-refractivity contribution in [2.24, 2.45) is 16.8 Å². The molecule has 2 nitrogen and oxygen atoms in total. The zero-order chi connectivity index (χ0) is 10.8. The van der Waals surface area contributed by atoms with Crippen LogP contribution >= 0.6 is 11.8 Å². The average Bonchev–Trinajstić information content (AvgIpc) is 2.58. The second-order valence-corrected chi connectivity index (χ2v) is 6.23. The zero-order valence-electron chi connectivity index (χ0n) is 9.99. The summed E-state index contributed by atoms with van der Waals surface area (Å²) in [7, 11) is 0. The first-order valence-electron chi connectivity index (χ1n) is 6.12. The van der Waals surface area contributed by atoms with Crippen LogP contribution in [0.2, 0.25) is 0 Å². The number of nitrogens with zero attached hydrogens (tertiary/aromatic N) is 1. The van der Waals surface area contributed by atoms with Gasteiger partial charge >= 0.3 is 0 Å². The van der Waals surface area contributed by atoms with Gasteiger partial charge in [-0.05, 0) is 38.0 Å². The Bertz CT molecular complexity index is 252. The van der Waals surface area contributed by atoms with Crippen molar-refractivity contribution >= 4 is 16.9 Å². The highest BCUT2D eigenvalue weighted by Crippen LogP contribution is 2.27. The van der Waals surface area contributed by atoms with Gasteiger partial charge in [0.1, 0.15) is 0 Å². The number of hydrogen-bond acceptors (Lipinski definition) is 3. The molecule has 4 atom stereocenters. The molecule has 86 valence electrons. The lowest BCUT2D eigenvalue weighted by Gasteiger charge is -2.25. The van der Waals surface area contributed by atoms with E-state index in [0.717, 1.165) is 11.8 Å². The van der Waals surface area contributed by atoms with E-state index < -0.39 is 0 Å². The average molecular weight is 226 g/mol. The van der Waals surface area contributed by atoms with Crippen molar-refractivity contribution < 1.29 is 0 Å². The smallest absolute Gasteiger partial charge is 0.157 e. The third kappa shape index (κ3) is 2.90. The van der Waals surface area contributed by atoms with Gasteiger partial charge in [0.15, 0.2) is 5.17 Å². The van der Waals surface area contributed by atoms with Crippen molar-refractivity contribution in [3.8, 4) is 0 Å². The lowest BCUT2D eigenvalue weighted by Crippen LogP contribution is -2.35. The molecule has 0 amide bonds. The molecule has 0 aromatic carbocycles. The summed E-state index contributed by atoms with van der Waals surface area (Å²) in [4.78, 5) is 4.72. The molecule has 3 heteroatoms. The molecular weight excluding hydrogens is 204 g/mol. The van der Waals surface area contributed by atoms with E-state index in [1.165, 1.54) is 30.2 Å². The first-order valence-corrected chi connectivity index (χ1v) is 7.11. The zero-order valence-corrected chi connectivity index (χ0v) is 10.8. The second-order valence-electron chi connectivity index (χ2n) is 5.22. The van der Waals surface area contributed by atoms with Gasteiger partial charge in [0, 0.05) is 11.8 Å². The summed E-state index contributed by atoms with van der Waals surface area (Å²) in [6.07, 6.45) is 4.02. The van der Waals surface area contributed by atoms with Gasteiger partial charge in [0.2, 0.25) is 0 Å². The van der Waals surface area contributed by atoms with Crippen LogP contribution in [-0.2, 0) is 0 Å². The minimum Gasteiger partial charge on any atom is -0.362 e. The minimum absolute atomic E-state index is 0.493. The van der Waals surface area contributed by atoms with Gasteiger partial charge in [-0.1, -0.05) is 25.6 Å². The van der Waals surface area contributed by atoms with Crippen molar-refractivity contribution in [3.63, 3.8) is 0 Å². The quantitative estimate of drug-likeness (QED) is 0.743. The number of nitrogens with one attached hydrogen (secondary N) is 1. The number of rotatable bonds is 1. The van der Waals surface area contributed by atoms with Crippen LogP contribution in [-0.4, -0.2) is 23.0 Å². The SMILES string of the molecule is CC1CCC(NC2=NC(C)C(C)CS2)C1. The van der Waals surface area contributed by atoms with Gasteiger partial charge in [0.25, 0.3) is 0 Å². The molecule has 0 saturated heterocycles. The third-order valence-corrected chi connectivity index (χ3v) is 4.84. The van der Waals surface area contributed by atoms with Gasteiger partial charge in [-0.25, -0.2) is 0 Å². The Morgan fingerprint density at radius 3 is 2.67 bits per heavy atom. The summed E-state index contributed by atoms with van der Waals surface area (Å²) in [5, 5.41) is 4.81. The standard InChI is InChI=1S/C12H22N2S/c1-8-4-5-11(6-8)14-12-13-10(3)9(2)7-15-12/h8-11H,4-7H2,1-3H3,(H,13,14). The fraction of sp³-hybridized carbons (Fsp3) is 0.917. The van der Waals surface area contributed by atoms with Crippen molar-refractivity contribution in [2.75, 3.05) is 5.75 Å². The van der Waals surface area contributed by atoms with Gasteiger partial charge < -0.3 is 5.32 Å². The predicted molar refractivity (Wildman–Crippen MR) is 68.5 cm³/mol.